The Labute approximate surface area is 466 Å². The summed E-state index contributed by atoms with van der Waals surface area (Å²) < 4.78 is 0. The van der Waals surface area contributed by atoms with Gasteiger partial charge in [0, 0.05) is 0 Å². The molecule has 2 N–H and O–H groups in total. The molecule has 11 aliphatic heterocycles. The number of phenols is 2. The number of phenolic OH excluding ortho intramolecular Hbond substituents is 2. The molecule has 3 aromatic heterocycles. The number of benzene rings is 5. The van der Waals surface area contributed by atoms with Gasteiger partial charge in [0.05, 0.1) is 22.8 Å². The van der Waals surface area contributed by atoms with Crippen LogP contribution in [0, 0.1) is 13.8 Å². The largest absolute Gasteiger partial charge is 2.00 e. The maximum Gasteiger partial charge on any atom is 2.00 e. The smallest absolute Gasteiger partial charge is 0.657 e. The summed E-state index contributed by atoms with van der Waals surface area (Å²) in [5.74, 6) is 0.566. The van der Waals surface area contributed by atoms with Crippen LogP contribution >= 0.6 is 0 Å². The molecule has 0 spiro atoms. The van der Waals surface area contributed by atoms with Crippen molar-refractivity contribution >= 4 is 44.4 Å². The van der Waals surface area contributed by atoms with Gasteiger partial charge in [-0.25, -0.2) is 9.97 Å². The van der Waals surface area contributed by atoms with E-state index in [0.29, 0.717) is 12.8 Å². The Morgan fingerprint density at radius 2 is 0.857 bits per heavy atom. The summed E-state index contributed by atoms with van der Waals surface area (Å²) in [5, 5.41) is 22.4. The average molecular weight is 1060 g/mol. The van der Waals surface area contributed by atoms with Gasteiger partial charge in [0.2, 0.25) is 0 Å². The van der Waals surface area contributed by atoms with Crippen LogP contribution in [0.3, 0.4) is 0 Å². The van der Waals surface area contributed by atoms with Gasteiger partial charge >= 0.3 is 19.5 Å². The van der Waals surface area contributed by atoms with Crippen molar-refractivity contribution < 1.29 is 29.7 Å². The van der Waals surface area contributed by atoms with E-state index in [9.17, 15) is 10.2 Å². The molecule has 0 amide bonds. The number of hydrogen-bond donors (Lipinski definition) is 2. The first kappa shape index (κ1) is 50.7. The molecule has 0 unspecified atom stereocenters. The first-order chi connectivity index (χ1) is 37.0. The molecule has 77 heavy (non-hydrogen) atoms. The maximum absolute atomic E-state index is 11.2. The fraction of sp³-hybridized carbons (Fsp3) is 0.286. The third-order valence-electron chi connectivity index (χ3n) is 17.9. The molecule has 0 saturated carbocycles. The number of aromatic nitrogens is 4. The first-order valence-electron chi connectivity index (χ1n) is 28.2. The summed E-state index contributed by atoms with van der Waals surface area (Å²) in [4.78, 5) is 23.1. The summed E-state index contributed by atoms with van der Waals surface area (Å²) >= 11 is 0. The molecule has 13 aliphatic rings. The monoisotopic (exact) mass is 1060 g/mol. The zero-order valence-corrected chi connectivity index (χ0v) is 49.1. The van der Waals surface area contributed by atoms with E-state index < -0.39 is 0 Å². The van der Waals surface area contributed by atoms with Gasteiger partial charge in [-0.1, -0.05) is 135 Å². The topological polar surface area (TPSA) is 94.4 Å². The molecule has 0 atom stereocenters. The minimum atomic E-state index is 0. The van der Waals surface area contributed by atoms with Crippen molar-refractivity contribution in [1.82, 2.24) is 19.9 Å². The molecule has 0 fully saturated rings. The molecule has 380 valence electrons. The van der Waals surface area contributed by atoms with Crippen molar-refractivity contribution in [2.45, 2.75) is 132 Å². The predicted molar refractivity (Wildman–Crippen MR) is 316 cm³/mol. The number of nitrogens with zero attached hydrogens (tertiary/aromatic N) is 4. The Hall–Kier alpha value is -7.08. The average Bonchev–Trinajstić information content (AvgIpc) is 4.27. The third-order valence-corrected chi connectivity index (χ3v) is 17.9. The van der Waals surface area contributed by atoms with Crippen molar-refractivity contribution in [2.75, 3.05) is 0 Å². The van der Waals surface area contributed by atoms with Crippen LogP contribution in [0.5, 0.6) is 11.5 Å². The summed E-state index contributed by atoms with van der Waals surface area (Å²) in [7, 11) is 0. The maximum atomic E-state index is 11.2. The van der Waals surface area contributed by atoms with Crippen molar-refractivity contribution in [3.8, 4) is 78.3 Å². The van der Waals surface area contributed by atoms with E-state index >= 15 is 0 Å². The summed E-state index contributed by atoms with van der Waals surface area (Å²) in [5.41, 5.74) is 36.4. The Kier molecular flexibility index (Phi) is 13.0. The molecule has 7 heteroatoms. The number of allylic oxidation sites excluding steroid dienone is 4. The van der Waals surface area contributed by atoms with Gasteiger partial charge in [0.25, 0.3) is 0 Å². The van der Waals surface area contributed by atoms with Crippen LogP contribution in [0.4, 0.5) is 0 Å². The molecular weight excluding hydrogens is 994 g/mol. The van der Waals surface area contributed by atoms with Crippen molar-refractivity contribution in [1.29, 1.82) is 0 Å². The Balaban J connectivity index is 0.00000596. The van der Waals surface area contributed by atoms with Gasteiger partial charge in [-0.2, -0.15) is 0 Å². The number of aromatic hydroxyl groups is 2. The Morgan fingerprint density at radius 1 is 0.429 bits per heavy atom. The molecule has 20 bridgehead atoms. The molecule has 6 nitrogen and oxygen atoms in total. The van der Waals surface area contributed by atoms with E-state index in [1.54, 1.807) is 12.1 Å². The van der Waals surface area contributed by atoms with Crippen LogP contribution in [-0.4, -0.2) is 20.2 Å². The fourth-order valence-electron chi connectivity index (χ4n) is 13.8. The quantitative estimate of drug-likeness (QED) is 0.135. The summed E-state index contributed by atoms with van der Waals surface area (Å²) in [6, 6.07) is 35.8. The van der Waals surface area contributed by atoms with Gasteiger partial charge in [-0.05, 0) is 228 Å². The Morgan fingerprint density at radius 3 is 1.34 bits per heavy atom. The van der Waals surface area contributed by atoms with E-state index in [1.165, 1.54) is 100 Å². The van der Waals surface area contributed by atoms with E-state index in [1.807, 2.05) is 0 Å². The molecule has 21 rings (SSSR count). The van der Waals surface area contributed by atoms with Crippen LogP contribution in [0.2, 0.25) is 0 Å². The van der Waals surface area contributed by atoms with Crippen LogP contribution in [0.1, 0.15) is 147 Å². The SMILES string of the molecule is CCC1=C(C)c2nc1cc1[n-]c(c(C)c1CC)c1c3nc(cc4[n-]c(c(C)c4CC)c2-c2cccc4c2-c2ccc(cc2-4)CCCCc2cc(O)c(cc2O)CCCCc2ccc4c(c2)-c2c-4cccc2-1)C(CC)=C3C.[Zn+2]. The summed E-state index contributed by atoms with van der Waals surface area (Å²) in [6.07, 6.45) is 10.4. The zero-order chi connectivity index (χ0) is 52.3. The molecule has 5 aromatic carbocycles. The van der Waals surface area contributed by atoms with Gasteiger partial charge < -0.3 is 20.2 Å². The van der Waals surface area contributed by atoms with E-state index in [-0.39, 0.29) is 31.0 Å². The predicted octanol–water partition coefficient (Wildman–Crippen LogP) is 17.5. The first-order valence-corrected chi connectivity index (χ1v) is 28.2. The standard InChI is InChI=1S/C70H66N4O2.Zn/c1-9-45-37(5)67-65-53-25-18-24-51-55-31-41(28-30-52(55)63(51)53)19-13-15-21-43-33-62(76)44(34-61(43)75)22-16-14-20-42-27-29-49-50-23-17-26-54(64(50)56(49)32-42)66(69-39(7)47(11-3)59(73-69)35-57(45)71-67)70-40(8)48(12-4)60(74-70)36-58-46(10-2)38(6)68(65)72-58;/h17-18,23-36H,9-16,19-22H2,1-8H3,(H2-2,71,72,73,74,75,76);/q-2;+2. The molecule has 0 saturated heterocycles. The van der Waals surface area contributed by atoms with Crippen LogP contribution in [0.25, 0.3) is 111 Å². The zero-order valence-electron chi connectivity index (χ0n) is 46.1. The van der Waals surface area contributed by atoms with Gasteiger partial charge in [-0.15, -0.1) is 22.1 Å². The number of hydrogen-bond acceptors (Lipinski definition) is 4. The van der Waals surface area contributed by atoms with Gasteiger partial charge in [-0.3, -0.25) is 0 Å². The van der Waals surface area contributed by atoms with E-state index in [4.69, 9.17) is 19.9 Å². The molecule has 8 aromatic rings. The van der Waals surface area contributed by atoms with Crippen molar-refractivity contribution in [3.05, 3.63) is 164 Å². The Bertz CT molecular complexity index is 4070. The number of fused-ring (bicyclic) bond motifs is 1. The fourth-order valence-corrected chi connectivity index (χ4v) is 13.8. The second-order valence-corrected chi connectivity index (χ2v) is 22.0. The van der Waals surface area contributed by atoms with Crippen molar-refractivity contribution in [2.24, 2.45) is 0 Å². The van der Waals surface area contributed by atoms with Crippen molar-refractivity contribution in [3.63, 3.8) is 0 Å². The van der Waals surface area contributed by atoms with Crippen LogP contribution in [0.15, 0.2) is 97.1 Å². The second-order valence-electron chi connectivity index (χ2n) is 22.0. The molecule has 2 aliphatic carbocycles. The van der Waals surface area contributed by atoms with Crippen LogP contribution in [-0.2, 0) is 58.0 Å². The number of rotatable bonds is 4. The van der Waals surface area contributed by atoms with Gasteiger partial charge in [0.1, 0.15) is 11.5 Å². The molecule has 14 heterocycles. The molecule has 0 radical (unpaired) electrons. The molecular formula is C70H66N4O2Zn. The van der Waals surface area contributed by atoms with E-state index in [0.717, 1.165) is 142 Å². The number of aryl methyl sites for hydroxylation is 8. The minimum Gasteiger partial charge on any atom is -0.657 e. The normalized spacial score (nSPS) is 14.4. The second kappa shape index (κ2) is 19.7. The van der Waals surface area contributed by atoms with Gasteiger partial charge in [0.15, 0.2) is 0 Å². The summed E-state index contributed by atoms with van der Waals surface area (Å²) in [6.45, 7) is 18.1. The van der Waals surface area contributed by atoms with E-state index in [2.05, 4.69) is 140 Å². The minimum absolute atomic E-state index is 0. The van der Waals surface area contributed by atoms with Crippen LogP contribution < -0.4 is 9.97 Å². The third kappa shape index (κ3) is 7.96.